The van der Waals surface area contributed by atoms with Crippen LogP contribution in [0, 0.1) is 5.92 Å². The van der Waals surface area contributed by atoms with Crippen LogP contribution >= 0.6 is 0 Å². The highest BCUT2D eigenvalue weighted by molar-refractivity contribution is 5.87. The van der Waals surface area contributed by atoms with E-state index in [1.807, 2.05) is 6.08 Å². The van der Waals surface area contributed by atoms with E-state index in [2.05, 4.69) is 10.3 Å². The maximum Gasteiger partial charge on any atom is 0.335 e. The van der Waals surface area contributed by atoms with Crippen LogP contribution in [0.1, 0.15) is 22.5 Å². The number of carboxylic acids is 1. The Hall–Kier alpha value is -2.21. The number of pyridine rings is 1. The quantitative estimate of drug-likeness (QED) is 0.676. The lowest BCUT2D eigenvalue weighted by Gasteiger charge is -2.10. The molecule has 0 aliphatic heterocycles. The molecular weight excluding hydrogens is 246 g/mol. The molecular formula is C13H15N3O3. The number of aromatic carboxylic acids is 1. The van der Waals surface area contributed by atoms with Crippen molar-refractivity contribution in [2.75, 3.05) is 0 Å². The van der Waals surface area contributed by atoms with Crippen LogP contribution in [0.25, 0.3) is 0 Å². The molecule has 2 unspecified atom stereocenters. The second kappa shape index (κ2) is 5.62. The van der Waals surface area contributed by atoms with Crippen molar-refractivity contribution in [1.82, 2.24) is 10.3 Å². The normalized spacial score (nSPS) is 21.3. The molecule has 0 radical (unpaired) electrons. The number of rotatable bonds is 4. The van der Waals surface area contributed by atoms with Gasteiger partial charge >= 0.3 is 5.97 Å². The predicted molar refractivity (Wildman–Crippen MR) is 68.3 cm³/mol. The Balaban J connectivity index is 1.92. The number of nitrogens with one attached hydrogen (secondary N) is 1. The fourth-order valence-corrected chi connectivity index (χ4v) is 1.94. The van der Waals surface area contributed by atoms with E-state index in [0.717, 1.165) is 0 Å². The summed E-state index contributed by atoms with van der Waals surface area (Å²) in [5.41, 5.74) is 6.35. The maximum atomic E-state index is 11.8. The maximum absolute atomic E-state index is 11.8. The summed E-state index contributed by atoms with van der Waals surface area (Å²) in [5.74, 6) is -1.34. The van der Waals surface area contributed by atoms with Gasteiger partial charge in [-0.15, -0.1) is 0 Å². The van der Waals surface area contributed by atoms with E-state index in [-0.39, 0.29) is 30.0 Å². The number of nitrogens with zero attached hydrogens (tertiary/aromatic N) is 1. The van der Waals surface area contributed by atoms with Gasteiger partial charge in [-0.1, -0.05) is 12.2 Å². The van der Waals surface area contributed by atoms with Gasteiger partial charge in [-0.2, -0.15) is 0 Å². The molecule has 2 rings (SSSR count). The van der Waals surface area contributed by atoms with Crippen molar-refractivity contribution >= 4 is 11.9 Å². The van der Waals surface area contributed by atoms with E-state index in [1.54, 1.807) is 6.08 Å². The van der Waals surface area contributed by atoms with E-state index in [0.29, 0.717) is 12.1 Å². The fraction of sp³-hybridized carbons (Fsp3) is 0.308. The molecule has 6 heteroatoms. The fourth-order valence-electron chi connectivity index (χ4n) is 1.94. The number of carboxylic acid groups (broad SMARTS) is 1. The number of amides is 1. The first-order chi connectivity index (χ1) is 9.06. The van der Waals surface area contributed by atoms with Crippen LogP contribution in [-0.2, 0) is 11.3 Å². The molecule has 0 saturated heterocycles. The average molecular weight is 261 g/mol. The second-order valence-electron chi connectivity index (χ2n) is 4.45. The lowest BCUT2D eigenvalue weighted by Crippen LogP contribution is -2.30. The largest absolute Gasteiger partial charge is 0.478 e. The second-order valence-corrected chi connectivity index (χ2v) is 4.45. The highest BCUT2D eigenvalue weighted by Gasteiger charge is 2.22. The van der Waals surface area contributed by atoms with Crippen molar-refractivity contribution in [2.45, 2.75) is 19.0 Å². The minimum absolute atomic E-state index is 0.0655. The monoisotopic (exact) mass is 261 g/mol. The van der Waals surface area contributed by atoms with Crippen LogP contribution in [0.3, 0.4) is 0 Å². The van der Waals surface area contributed by atoms with Gasteiger partial charge in [-0.05, 0) is 18.6 Å². The first-order valence-corrected chi connectivity index (χ1v) is 5.96. The number of aromatic nitrogens is 1. The smallest absolute Gasteiger partial charge is 0.335 e. The van der Waals surface area contributed by atoms with Crippen LogP contribution < -0.4 is 11.1 Å². The minimum atomic E-state index is -1.01. The van der Waals surface area contributed by atoms with Gasteiger partial charge in [0.1, 0.15) is 0 Å². The predicted octanol–water partition coefficient (Wildman–Crippen LogP) is 0.299. The lowest BCUT2D eigenvalue weighted by molar-refractivity contribution is -0.123. The van der Waals surface area contributed by atoms with E-state index in [1.165, 1.54) is 18.3 Å². The molecule has 0 bridgehead atoms. The van der Waals surface area contributed by atoms with E-state index in [4.69, 9.17) is 10.8 Å². The van der Waals surface area contributed by atoms with E-state index >= 15 is 0 Å². The minimum Gasteiger partial charge on any atom is -0.478 e. The van der Waals surface area contributed by atoms with Gasteiger partial charge in [-0.25, -0.2) is 4.79 Å². The average Bonchev–Trinajstić information content (AvgIpc) is 2.83. The first-order valence-electron chi connectivity index (χ1n) is 5.96. The molecule has 1 aromatic rings. The van der Waals surface area contributed by atoms with Gasteiger partial charge in [0.05, 0.1) is 23.7 Å². The third kappa shape index (κ3) is 3.38. The third-order valence-corrected chi connectivity index (χ3v) is 2.96. The molecule has 0 fully saturated rings. The molecule has 1 aliphatic carbocycles. The SMILES string of the molecule is NC1C=CC(C(=O)NCc2cc(C(=O)O)ccn2)C1. The van der Waals surface area contributed by atoms with E-state index in [9.17, 15) is 9.59 Å². The highest BCUT2D eigenvalue weighted by atomic mass is 16.4. The first kappa shape index (κ1) is 13.2. The molecule has 1 amide bonds. The van der Waals surface area contributed by atoms with Crippen LogP contribution in [0.5, 0.6) is 0 Å². The molecule has 0 saturated carbocycles. The summed E-state index contributed by atoms with van der Waals surface area (Å²) < 4.78 is 0. The van der Waals surface area contributed by atoms with Crippen molar-refractivity contribution in [1.29, 1.82) is 0 Å². The summed E-state index contributed by atoms with van der Waals surface area (Å²) in [7, 11) is 0. The van der Waals surface area contributed by atoms with Crippen molar-refractivity contribution in [3.8, 4) is 0 Å². The Bertz CT molecular complexity index is 528. The zero-order valence-electron chi connectivity index (χ0n) is 10.2. The van der Waals surface area contributed by atoms with Crippen LogP contribution in [-0.4, -0.2) is 28.0 Å². The summed E-state index contributed by atoms with van der Waals surface area (Å²) in [6.07, 6.45) is 5.62. The standard InChI is InChI=1S/C13H15N3O3/c14-10-2-1-8(5-10)12(17)16-7-11-6-9(13(18)19)3-4-15-11/h1-4,6,8,10H,5,7,14H2,(H,16,17)(H,18,19). The number of carbonyl (C=O) groups excluding carboxylic acids is 1. The molecule has 2 atom stereocenters. The Morgan fingerprint density at radius 1 is 1.47 bits per heavy atom. The third-order valence-electron chi connectivity index (χ3n) is 2.96. The summed E-state index contributed by atoms with van der Waals surface area (Å²) in [6, 6.07) is 2.79. The molecule has 0 spiro atoms. The Labute approximate surface area is 110 Å². The molecule has 1 aromatic heterocycles. The molecule has 0 aromatic carbocycles. The molecule has 100 valence electrons. The number of hydrogen-bond acceptors (Lipinski definition) is 4. The number of carbonyl (C=O) groups is 2. The van der Waals surface area contributed by atoms with E-state index < -0.39 is 5.97 Å². The van der Waals surface area contributed by atoms with Gasteiger partial charge < -0.3 is 16.2 Å². The van der Waals surface area contributed by atoms with Gasteiger partial charge in [0.25, 0.3) is 0 Å². The number of hydrogen-bond donors (Lipinski definition) is 3. The Kier molecular flexibility index (Phi) is 3.91. The molecule has 1 aliphatic rings. The molecule has 4 N–H and O–H groups in total. The Morgan fingerprint density at radius 3 is 2.89 bits per heavy atom. The number of nitrogens with two attached hydrogens (primary N) is 1. The van der Waals surface area contributed by atoms with Crippen LogP contribution in [0.15, 0.2) is 30.5 Å². The van der Waals surface area contributed by atoms with Gasteiger partial charge in [0.15, 0.2) is 0 Å². The summed E-state index contributed by atoms with van der Waals surface area (Å²) in [4.78, 5) is 26.6. The van der Waals surface area contributed by atoms with Crippen LogP contribution in [0.2, 0.25) is 0 Å². The van der Waals surface area contributed by atoms with Crippen molar-refractivity contribution in [3.05, 3.63) is 41.7 Å². The molecule has 6 nitrogen and oxygen atoms in total. The Morgan fingerprint density at radius 2 is 2.26 bits per heavy atom. The van der Waals surface area contributed by atoms with Crippen molar-refractivity contribution < 1.29 is 14.7 Å². The van der Waals surface area contributed by atoms with Crippen LogP contribution in [0.4, 0.5) is 0 Å². The molecule has 19 heavy (non-hydrogen) atoms. The van der Waals surface area contributed by atoms with Crippen molar-refractivity contribution in [3.63, 3.8) is 0 Å². The summed E-state index contributed by atoms with van der Waals surface area (Å²) in [5, 5.41) is 11.6. The topological polar surface area (TPSA) is 105 Å². The lowest BCUT2D eigenvalue weighted by atomic mass is 10.1. The zero-order valence-corrected chi connectivity index (χ0v) is 10.2. The van der Waals surface area contributed by atoms with Gasteiger partial charge in [0.2, 0.25) is 5.91 Å². The van der Waals surface area contributed by atoms with Gasteiger partial charge in [-0.3, -0.25) is 9.78 Å². The molecule has 1 heterocycles. The van der Waals surface area contributed by atoms with Gasteiger partial charge in [0, 0.05) is 12.2 Å². The highest BCUT2D eigenvalue weighted by Crippen LogP contribution is 2.16. The zero-order chi connectivity index (χ0) is 13.8. The van der Waals surface area contributed by atoms with Crippen molar-refractivity contribution in [2.24, 2.45) is 11.7 Å². The summed E-state index contributed by atoms with van der Waals surface area (Å²) in [6.45, 7) is 0.208. The summed E-state index contributed by atoms with van der Waals surface area (Å²) >= 11 is 0.